The van der Waals surface area contributed by atoms with Crippen LogP contribution in [0.5, 0.6) is 0 Å². The number of rotatable bonds is 4. The number of aromatic nitrogens is 3. The quantitative estimate of drug-likeness (QED) is 0.615. The van der Waals surface area contributed by atoms with Gasteiger partial charge in [-0.3, -0.25) is 20.2 Å². The average Bonchev–Trinajstić information content (AvgIpc) is 2.82. The third-order valence-corrected chi connectivity index (χ3v) is 3.81. The number of halogens is 3. The molecule has 0 saturated heterocycles. The van der Waals surface area contributed by atoms with Crippen molar-refractivity contribution in [3.05, 3.63) is 44.3 Å². The molecular weight excluding hydrogens is 343 g/mol. The van der Waals surface area contributed by atoms with Crippen LogP contribution in [-0.4, -0.2) is 24.6 Å². The summed E-state index contributed by atoms with van der Waals surface area (Å²) in [7, 11) is 1.48. The van der Waals surface area contributed by atoms with Gasteiger partial charge in [-0.2, -0.15) is 13.2 Å². The van der Waals surface area contributed by atoms with Crippen LogP contribution in [0.15, 0.2) is 28.5 Å². The van der Waals surface area contributed by atoms with Crippen LogP contribution in [0.25, 0.3) is 0 Å². The third-order valence-electron chi connectivity index (χ3n) is 2.63. The number of nitro benzene ring substituents is 2. The van der Waals surface area contributed by atoms with Gasteiger partial charge in [0, 0.05) is 19.2 Å². The van der Waals surface area contributed by atoms with Crippen molar-refractivity contribution in [2.24, 2.45) is 7.05 Å². The summed E-state index contributed by atoms with van der Waals surface area (Å²) < 4.78 is 39.6. The van der Waals surface area contributed by atoms with Crippen LogP contribution in [0.4, 0.5) is 24.5 Å². The predicted molar refractivity (Wildman–Crippen MR) is 69.9 cm³/mol. The molecule has 0 N–H and O–H groups in total. The lowest BCUT2D eigenvalue weighted by Crippen LogP contribution is -2.08. The van der Waals surface area contributed by atoms with Crippen molar-refractivity contribution in [2.75, 3.05) is 0 Å². The first-order valence-electron chi connectivity index (χ1n) is 5.67. The zero-order valence-electron chi connectivity index (χ0n) is 11.1. The van der Waals surface area contributed by atoms with Crippen molar-refractivity contribution in [1.29, 1.82) is 0 Å². The van der Waals surface area contributed by atoms with Gasteiger partial charge in [0.1, 0.15) is 6.33 Å². The Kier molecular flexibility index (Phi) is 4.22. The van der Waals surface area contributed by atoms with Gasteiger partial charge >= 0.3 is 6.18 Å². The van der Waals surface area contributed by atoms with Crippen molar-refractivity contribution < 1.29 is 23.0 Å². The summed E-state index contributed by atoms with van der Waals surface area (Å²) in [5.74, 6) is 0. The summed E-state index contributed by atoms with van der Waals surface area (Å²) in [6.07, 6.45) is -3.71. The number of hydrogen-bond donors (Lipinski definition) is 0. The highest BCUT2D eigenvalue weighted by Crippen LogP contribution is 2.44. The van der Waals surface area contributed by atoms with E-state index in [2.05, 4.69) is 10.2 Å². The second kappa shape index (κ2) is 5.83. The lowest BCUT2D eigenvalue weighted by atomic mass is 10.1. The van der Waals surface area contributed by atoms with Crippen molar-refractivity contribution in [3.63, 3.8) is 0 Å². The fourth-order valence-electron chi connectivity index (χ4n) is 1.59. The molecule has 0 aliphatic heterocycles. The Morgan fingerprint density at radius 1 is 1.17 bits per heavy atom. The molecule has 0 unspecified atom stereocenters. The first kappa shape index (κ1) is 16.7. The number of nitrogens with zero attached hydrogens (tertiary/aromatic N) is 5. The molecule has 13 heteroatoms. The highest BCUT2D eigenvalue weighted by atomic mass is 32.2. The lowest BCUT2D eigenvalue weighted by molar-refractivity contribution is -0.400. The van der Waals surface area contributed by atoms with Crippen LogP contribution in [0.1, 0.15) is 5.56 Å². The Morgan fingerprint density at radius 2 is 1.70 bits per heavy atom. The number of benzene rings is 1. The molecule has 0 aliphatic rings. The maximum absolute atomic E-state index is 12.8. The molecule has 9 nitrogen and oxygen atoms in total. The Morgan fingerprint density at radius 3 is 2.04 bits per heavy atom. The molecule has 0 spiro atoms. The molecule has 0 atom stereocenters. The molecule has 0 amide bonds. The van der Waals surface area contributed by atoms with Gasteiger partial charge in [-0.1, -0.05) is 0 Å². The molecule has 1 aromatic heterocycles. The normalized spacial score (nSPS) is 11.5. The van der Waals surface area contributed by atoms with Crippen LogP contribution in [0.2, 0.25) is 0 Å². The first-order chi connectivity index (χ1) is 10.6. The van der Waals surface area contributed by atoms with Crippen molar-refractivity contribution in [1.82, 2.24) is 14.8 Å². The summed E-state index contributed by atoms with van der Waals surface area (Å²) in [6, 6.07) is 0.511. The third kappa shape index (κ3) is 3.39. The monoisotopic (exact) mass is 349 g/mol. The van der Waals surface area contributed by atoms with Crippen molar-refractivity contribution in [3.8, 4) is 0 Å². The van der Waals surface area contributed by atoms with Crippen LogP contribution in [-0.2, 0) is 13.2 Å². The Bertz CT molecular complexity index is 756. The van der Waals surface area contributed by atoms with Gasteiger partial charge in [0.05, 0.1) is 15.4 Å². The van der Waals surface area contributed by atoms with Gasteiger partial charge < -0.3 is 4.57 Å². The molecule has 0 radical (unpaired) electrons. The SMILES string of the molecule is Cn1cnnc1Sc1c([N+](=O)[O-])cc(C(F)(F)F)cc1[N+](=O)[O-]. The van der Waals surface area contributed by atoms with Crippen LogP contribution in [0, 0.1) is 20.2 Å². The number of alkyl halides is 3. The van der Waals surface area contributed by atoms with Gasteiger partial charge in [0.15, 0.2) is 10.1 Å². The smallest absolute Gasteiger partial charge is 0.311 e. The fraction of sp³-hybridized carbons (Fsp3) is 0.200. The van der Waals surface area contributed by atoms with E-state index in [0.717, 1.165) is 0 Å². The topological polar surface area (TPSA) is 117 Å². The molecule has 0 saturated carbocycles. The Balaban J connectivity index is 2.70. The number of hydrogen-bond acceptors (Lipinski definition) is 7. The number of nitro groups is 2. The summed E-state index contributed by atoms with van der Waals surface area (Å²) in [6.45, 7) is 0. The van der Waals surface area contributed by atoms with Gasteiger partial charge in [-0.05, 0) is 11.8 Å². The van der Waals surface area contributed by atoms with Crippen molar-refractivity contribution >= 4 is 23.1 Å². The molecule has 1 aromatic carbocycles. The zero-order chi connectivity index (χ0) is 17.4. The minimum atomic E-state index is -4.95. The summed E-state index contributed by atoms with van der Waals surface area (Å²) >= 11 is 0.489. The molecule has 1 heterocycles. The van der Waals surface area contributed by atoms with E-state index in [9.17, 15) is 33.4 Å². The summed E-state index contributed by atoms with van der Waals surface area (Å²) in [5, 5.41) is 29.2. The standard InChI is InChI=1S/C10H6F3N5O4S/c1-16-4-14-15-9(16)23-8-6(17(19)20)2-5(10(11,12)13)3-7(8)18(21)22/h2-4H,1H3. The minimum absolute atomic E-state index is 0.0518. The van der Waals surface area contributed by atoms with Gasteiger partial charge in [0.2, 0.25) is 0 Å². The van der Waals surface area contributed by atoms with Crippen molar-refractivity contribution in [2.45, 2.75) is 16.2 Å². The van der Waals surface area contributed by atoms with E-state index in [1.807, 2.05) is 0 Å². The van der Waals surface area contributed by atoms with Crippen LogP contribution in [0.3, 0.4) is 0 Å². The van der Waals surface area contributed by atoms with Crippen LogP contribution < -0.4 is 0 Å². The van der Waals surface area contributed by atoms with E-state index in [-0.39, 0.29) is 17.3 Å². The highest BCUT2D eigenvalue weighted by Gasteiger charge is 2.38. The van der Waals surface area contributed by atoms with Crippen LogP contribution >= 0.6 is 11.8 Å². The molecule has 122 valence electrons. The molecule has 0 fully saturated rings. The van der Waals surface area contributed by atoms with Gasteiger partial charge in [-0.15, -0.1) is 10.2 Å². The zero-order valence-corrected chi connectivity index (χ0v) is 12.0. The number of aryl methyl sites for hydroxylation is 1. The maximum atomic E-state index is 12.8. The lowest BCUT2D eigenvalue weighted by Gasteiger charge is -2.09. The van der Waals surface area contributed by atoms with Gasteiger partial charge in [-0.25, -0.2) is 0 Å². The van der Waals surface area contributed by atoms with E-state index in [1.54, 1.807) is 0 Å². The van der Waals surface area contributed by atoms with E-state index in [4.69, 9.17) is 0 Å². The summed E-state index contributed by atoms with van der Waals surface area (Å²) in [4.78, 5) is 19.3. The molecule has 23 heavy (non-hydrogen) atoms. The molecule has 2 aromatic rings. The molecule has 0 aliphatic carbocycles. The highest BCUT2D eigenvalue weighted by molar-refractivity contribution is 7.99. The first-order valence-corrected chi connectivity index (χ1v) is 6.48. The van der Waals surface area contributed by atoms with Gasteiger partial charge in [0.25, 0.3) is 11.4 Å². The fourth-order valence-corrected chi connectivity index (χ4v) is 2.53. The maximum Gasteiger partial charge on any atom is 0.416 e. The minimum Gasteiger partial charge on any atom is -0.311 e. The molecular formula is C10H6F3N5O4S. The molecule has 2 rings (SSSR count). The summed E-state index contributed by atoms with van der Waals surface area (Å²) in [5.41, 5.74) is -3.53. The average molecular weight is 349 g/mol. The van der Waals surface area contributed by atoms with E-state index in [1.165, 1.54) is 17.9 Å². The molecule has 0 bridgehead atoms. The van der Waals surface area contributed by atoms with E-state index >= 15 is 0 Å². The van der Waals surface area contributed by atoms with E-state index < -0.39 is 37.9 Å². The Hall–Kier alpha value is -2.70. The second-order valence-electron chi connectivity index (χ2n) is 4.18. The Labute approximate surface area is 129 Å². The second-order valence-corrected chi connectivity index (χ2v) is 5.16. The van der Waals surface area contributed by atoms with E-state index in [0.29, 0.717) is 11.8 Å². The largest absolute Gasteiger partial charge is 0.416 e. The predicted octanol–water partition coefficient (Wildman–Crippen LogP) is 2.80.